The largest absolute Gasteiger partial charge is 0.255 e. The van der Waals surface area contributed by atoms with Crippen LogP contribution in [0.3, 0.4) is 0 Å². The van der Waals surface area contributed by atoms with Crippen molar-refractivity contribution in [3.63, 3.8) is 0 Å². The molecule has 0 atom stereocenters. The van der Waals surface area contributed by atoms with Gasteiger partial charge in [-0.1, -0.05) is 22.0 Å². The molecular formula is C12H8BrNO2S. The van der Waals surface area contributed by atoms with Gasteiger partial charge in [-0.3, -0.25) is 4.98 Å². The first-order chi connectivity index (χ1) is 7.97. The van der Waals surface area contributed by atoms with Crippen molar-refractivity contribution >= 4 is 36.7 Å². The summed E-state index contributed by atoms with van der Waals surface area (Å²) < 4.78 is 22.9. The summed E-state index contributed by atoms with van der Waals surface area (Å²) in [5.74, 6) is 2.63. The summed E-state index contributed by atoms with van der Waals surface area (Å²) in [5.41, 5.74) is 1.30. The Kier molecular flexibility index (Phi) is 3.18. The molecule has 0 unspecified atom stereocenters. The Balaban J connectivity index is 2.71. The molecule has 0 fully saturated rings. The minimum Gasteiger partial charge on any atom is -0.255 e. The van der Waals surface area contributed by atoms with E-state index < -0.39 is 9.84 Å². The number of aromatic nitrogens is 1. The van der Waals surface area contributed by atoms with Crippen molar-refractivity contribution in [1.82, 2.24) is 4.98 Å². The summed E-state index contributed by atoms with van der Waals surface area (Å²) >= 11 is 3.42. The third-order valence-corrected chi connectivity index (χ3v) is 3.25. The van der Waals surface area contributed by atoms with Crippen molar-refractivity contribution < 1.29 is 8.42 Å². The van der Waals surface area contributed by atoms with Gasteiger partial charge in [-0.25, -0.2) is 8.42 Å². The average molecular weight is 310 g/mol. The highest BCUT2D eigenvalue weighted by molar-refractivity contribution is 9.10. The van der Waals surface area contributed by atoms with Crippen LogP contribution in [-0.4, -0.2) is 19.7 Å². The molecule has 0 N–H and O–H groups in total. The maximum Gasteiger partial charge on any atom is 0.214 e. The fourth-order valence-electron chi connectivity index (χ4n) is 1.39. The molecule has 1 heterocycles. The van der Waals surface area contributed by atoms with Crippen molar-refractivity contribution in [3.05, 3.63) is 40.5 Å². The van der Waals surface area contributed by atoms with E-state index in [2.05, 4.69) is 32.1 Å². The van der Waals surface area contributed by atoms with Gasteiger partial charge in [-0.15, -0.1) is 0 Å². The van der Waals surface area contributed by atoms with Crippen molar-refractivity contribution in [1.29, 1.82) is 0 Å². The molecule has 0 aliphatic rings. The van der Waals surface area contributed by atoms with Gasteiger partial charge in [-0.05, 0) is 24.1 Å². The Morgan fingerprint density at radius 2 is 2.06 bits per heavy atom. The lowest BCUT2D eigenvalue weighted by Crippen LogP contribution is -1.90. The molecule has 2 rings (SSSR count). The SMILES string of the molecule is CS(=O)(=O)C#Cc1ccc(Br)c2cccnc12. The van der Waals surface area contributed by atoms with E-state index in [1.54, 1.807) is 12.3 Å². The predicted octanol–water partition coefficient (Wildman–Crippen LogP) is 2.35. The quantitative estimate of drug-likeness (QED) is 0.702. The van der Waals surface area contributed by atoms with Gasteiger partial charge in [0, 0.05) is 21.3 Å². The molecule has 0 aliphatic carbocycles. The van der Waals surface area contributed by atoms with Crippen LogP contribution in [0.25, 0.3) is 10.9 Å². The van der Waals surface area contributed by atoms with E-state index in [-0.39, 0.29) is 0 Å². The van der Waals surface area contributed by atoms with E-state index in [0.29, 0.717) is 11.1 Å². The molecule has 17 heavy (non-hydrogen) atoms. The minimum absolute atomic E-state index is 0.606. The average Bonchev–Trinajstić information content (AvgIpc) is 2.27. The number of benzene rings is 1. The van der Waals surface area contributed by atoms with Crippen molar-refractivity contribution in [3.8, 4) is 11.2 Å². The maximum atomic E-state index is 11.0. The van der Waals surface area contributed by atoms with Gasteiger partial charge >= 0.3 is 0 Å². The molecule has 86 valence electrons. The Labute approximate surface area is 108 Å². The first kappa shape index (κ1) is 12.1. The standard InChI is InChI=1S/C12H8BrNO2S/c1-17(15,16)8-6-9-4-5-11(13)10-3-2-7-14-12(9)10/h2-5,7H,1H3. The first-order valence-corrected chi connectivity index (χ1v) is 7.42. The molecular weight excluding hydrogens is 302 g/mol. The van der Waals surface area contributed by atoms with E-state index in [1.165, 1.54) is 0 Å². The Morgan fingerprint density at radius 3 is 2.76 bits per heavy atom. The van der Waals surface area contributed by atoms with Gasteiger partial charge in [0.05, 0.1) is 17.3 Å². The second-order valence-electron chi connectivity index (χ2n) is 3.49. The molecule has 1 aromatic carbocycles. The second-order valence-corrected chi connectivity index (χ2v) is 6.10. The van der Waals surface area contributed by atoms with E-state index in [0.717, 1.165) is 16.1 Å². The lowest BCUT2D eigenvalue weighted by Gasteiger charge is -2.01. The zero-order valence-corrected chi connectivity index (χ0v) is 11.3. The van der Waals surface area contributed by atoms with E-state index >= 15 is 0 Å². The smallest absolute Gasteiger partial charge is 0.214 e. The van der Waals surface area contributed by atoms with Gasteiger partial charge in [0.1, 0.15) is 0 Å². The third kappa shape index (κ3) is 2.84. The Morgan fingerprint density at radius 1 is 1.29 bits per heavy atom. The molecule has 0 aliphatic heterocycles. The molecule has 2 aromatic rings. The number of fused-ring (bicyclic) bond motifs is 1. The second kappa shape index (κ2) is 4.47. The van der Waals surface area contributed by atoms with Crippen LogP contribution in [0.2, 0.25) is 0 Å². The molecule has 0 amide bonds. The summed E-state index contributed by atoms with van der Waals surface area (Å²) in [6.45, 7) is 0. The molecule has 5 heteroatoms. The molecule has 0 saturated carbocycles. The van der Waals surface area contributed by atoms with Gasteiger partial charge in [0.25, 0.3) is 0 Å². The minimum atomic E-state index is -3.30. The topological polar surface area (TPSA) is 47.0 Å². The van der Waals surface area contributed by atoms with E-state index in [9.17, 15) is 8.42 Å². The monoisotopic (exact) mass is 309 g/mol. The van der Waals surface area contributed by atoms with Crippen LogP contribution in [0.1, 0.15) is 5.56 Å². The number of hydrogen-bond acceptors (Lipinski definition) is 3. The summed E-state index contributed by atoms with van der Waals surface area (Å²) in [7, 11) is -3.30. The molecule has 1 aromatic heterocycles. The highest BCUT2D eigenvalue weighted by Crippen LogP contribution is 2.24. The summed E-state index contributed by atoms with van der Waals surface area (Å²) in [4.78, 5) is 4.22. The zero-order chi connectivity index (χ0) is 12.5. The summed E-state index contributed by atoms with van der Waals surface area (Å²) in [6.07, 6.45) is 2.73. The van der Waals surface area contributed by atoms with Crippen LogP contribution in [0.5, 0.6) is 0 Å². The fourth-order valence-corrected chi connectivity index (χ4v) is 2.13. The van der Waals surface area contributed by atoms with Crippen LogP contribution in [-0.2, 0) is 9.84 Å². The number of pyridine rings is 1. The van der Waals surface area contributed by atoms with Crippen LogP contribution >= 0.6 is 15.9 Å². The van der Waals surface area contributed by atoms with Gasteiger partial charge < -0.3 is 0 Å². The number of halogens is 1. The van der Waals surface area contributed by atoms with Gasteiger partial charge in [0.15, 0.2) is 0 Å². The van der Waals surface area contributed by atoms with Crippen molar-refractivity contribution in [2.45, 2.75) is 0 Å². The Bertz CT molecular complexity index is 742. The van der Waals surface area contributed by atoms with Gasteiger partial charge in [0.2, 0.25) is 9.84 Å². The molecule has 3 nitrogen and oxygen atoms in total. The Hall–Kier alpha value is -1.38. The van der Waals surface area contributed by atoms with Crippen molar-refractivity contribution in [2.24, 2.45) is 0 Å². The number of rotatable bonds is 0. The van der Waals surface area contributed by atoms with E-state index in [4.69, 9.17) is 0 Å². The normalized spacial score (nSPS) is 10.9. The third-order valence-electron chi connectivity index (χ3n) is 2.09. The van der Waals surface area contributed by atoms with Crippen LogP contribution in [0.15, 0.2) is 34.9 Å². The predicted molar refractivity (Wildman–Crippen MR) is 71.2 cm³/mol. The summed E-state index contributed by atoms with van der Waals surface area (Å²) in [6, 6.07) is 7.30. The number of nitrogens with zero attached hydrogens (tertiary/aromatic N) is 1. The zero-order valence-electron chi connectivity index (χ0n) is 8.94. The fraction of sp³-hybridized carbons (Fsp3) is 0.0833. The summed E-state index contributed by atoms with van der Waals surface area (Å²) in [5, 5.41) is 3.13. The van der Waals surface area contributed by atoms with Crippen molar-refractivity contribution in [2.75, 3.05) is 6.26 Å². The first-order valence-electron chi connectivity index (χ1n) is 4.73. The number of sulfone groups is 1. The molecule has 0 bridgehead atoms. The lowest BCUT2D eigenvalue weighted by molar-refractivity contribution is 0.611. The van der Waals surface area contributed by atoms with Crippen LogP contribution in [0, 0.1) is 11.2 Å². The maximum absolute atomic E-state index is 11.0. The highest BCUT2D eigenvalue weighted by atomic mass is 79.9. The van der Waals surface area contributed by atoms with Gasteiger partial charge in [-0.2, -0.15) is 0 Å². The van der Waals surface area contributed by atoms with Crippen LogP contribution in [0.4, 0.5) is 0 Å². The van der Waals surface area contributed by atoms with E-state index in [1.807, 2.05) is 18.2 Å². The molecule has 0 saturated heterocycles. The number of hydrogen-bond donors (Lipinski definition) is 0. The lowest BCUT2D eigenvalue weighted by atomic mass is 10.1. The molecule has 0 radical (unpaired) electrons. The highest BCUT2D eigenvalue weighted by Gasteiger charge is 2.03. The molecule has 0 spiro atoms. The van der Waals surface area contributed by atoms with Crippen LogP contribution < -0.4 is 0 Å².